The van der Waals surface area contributed by atoms with Crippen LogP contribution in [0.3, 0.4) is 0 Å². The summed E-state index contributed by atoms with van der Waals surface area (Å²) in [7, 11) is 0. The molecule has 1 aromatic carbocycles. The second-order valence-electron chi connectivity index (χ2n) is 5.64. The molecule has 22 heavy (non-hydrogen) atoms. The zero-order valence-electron chi connectivity index (χ0n) is 12.8. The van der Waals surface area contributed by atoms with Crippen molar-refractivity contribution >= 4 is 5.97 Å². The third-order valence-corrected chi connectivity index (χ3v) is 4.01. The highest BCUT2D eigenvalue weighted by molar-refractivity contribution is 5.75. The molecule has 0 bridgehead atoms. The molecule has 2 rings (SSSR count). The van der Waals surface area contributed by atoms with Crippen molar-refractivity contribution in [2.24, 2.45) is 0 Å². The van der Waals surface area contributed by atoms with Crippen LogP contribution >= 0.6 is 0 Å². The minimum atomic E-state index is -1.14. The Balaban J connectivity index is 2.21. The summed E-state index contributed by atoms with van der Waals surface area (Å²) in [4.78, 5) is 15.6. The van der Waals surface area contributed by atoms with Gasteiger partial charge >= 0.3 is 5.97 Å². The number of carbonyl (C=O) groups is 1. The fraction of sp³-hybridized carbons (Fsp3) is 0.562. The summed E-state index contributed by atoms with van der Waals surface area (Å²) < 4.78 is 27.4. The zero-order chi connectivity index (χ0) is 16.1. The predicted molar refractivity (Wildman–Crippen MR) is 79.7 cm³/mol. The topological polar surface area (TPSA) is 43.8 Å². The molecule has 4 nitrogen and oxygen atoms in total. The molecule has 0 radical (unpaired) electrons. The maximum absolute atomic E-state index is 14.0. The van der Waals surface area contributed by atoms with Crippen LogP contribution in [0, 0.1) is 11.6 Å². The highest BCUT2D eigenvalue weighted by atomic mass is 19.1. The van der Waals surface area contributed by atoms with Crippen molar-refractivity contribution in [3.63, 3.8) is 0 Å². The van der Waals surface area contributed by atoms with Crippen LogP contribution in [0.15, 0.2) is 18.2 Å². The summed E-state index contributed by atoms with van der Waals surface area (Å²) in [6.45, 7) is 5.82. The van der Waals surface area contributed by atoms with Crippen LogP contribution in [-0.2, 0) is 4.79 Å². The largest absolute Gasteiger partial charge is 0.480 e. The van der Waals surface area contributed by atoms with Gasteiger partial charge in [0, 0.05) is 25.2 Å². The van der Waals surface area contributed by atoms with Crippen LogP contribution in [0.5, 0.6) is 0 Å². The van der Waals surface area contributed by atoms with E-state index in [0.717, 1.165) is 50.7 Å². The summed E-state index contributed by atoms with van der Waals surface area (Å²) >= 11 is 0. The van der Waals surface area contributed by atoms with Gasteiger partial charge in [0.1, 0.15) is 17.7 Å². The highest BCUT2D eigenvalue weighted by Gasteiger charge is 2.31. The SMILES string of the molecule is CCCN1CCCN([C@H](C(=O)O)c2cc(F)ccc2F)CC1. The van der Waals surface area contributed by atoms with E-state index in [2.05, 4.69) is 11.8 Å². The molecule has 1 aliphatic rings. The van der Waals surface area contributed by atoms with E-state index in [1.54, 1.807) is 4.90 Å². The van der Waals surface area contributed by atoms with E-state index in [-0.39, 0.29) is 5.56 Å². The number of carboxylic acids is 1. The minimum absolute atomic E-state index is 0.101. The smallest absolute Gasteiger partial charge is 0.325 e. The molecule has 0 aromatic heterocycles. The molecule has 6 heteroatoms. The first-order chi connectivity index (χ1) is 10.5. The van der Waals surface area contributed by atoms with Crippen LogP contribution in [0.2, 0.25) is 0 Å². The van der Waals surface area contributed by atoms with Crippen LogP contribution in [-0.4, -0.2) is 53.6 Å². The second-order valence-corrected chi connectivity index (χ2v) is 5.64. The lowest BCUT2D eigenvalue weighted by Crippen LogP contribution is -2.38. The third kappa shape index (κ3) is 4.01. The number of aliphatic carboxylic acids is 1. The van der Waals surface area contributed by atoms with Gasteiger partial charge in [0.2, 0.25) is 0 Å². The normalized spacial score (nSPS) is 18.9. The highest BCUT2D eigenvalue weighted by Crippen LogP contribution is 2.26. The molecule has 1 atom stereocenters. The molecule has 1 fully saturated rings. The molecule has 0 spiro atoms. The van der Waals surface area contributed by atoms with Crippen LogP contribution < -0.4 is 0 Å². The number of benzene rings is 1. The lowest BCUT2D eigenvalue weighted by molar-refractivity contribution is -0.143. The first-order valence-electron chi connectivity index (χ1n) is 7.67. The molecule has 1 N–H and O–H groups in total. The summed E-state index contributed by atoms with van der Waals surface area (Å²) in [5, 5.41) is 9.51. The molecular weight excluding hydrogens is 290 g/mol. The zero-order valence-corrected chi connectivity index (χ0v) is 12.8. The molecule has 1 aliphatic heterocycles. The van der Waals surface area contributed by atoms with Crippen molar-refractivity contribution < 1.29 is 18.7 Å². The van der Waals surface area contributed by atoms with Gasteiger partial charge in [-0.15, -0.1) is 0 Å². The Hall–Kier alpha value is -1.53. The van der Waals surface area contributed by atoms with Crippen molar-refractivity contribution in [3.8, 4) is 0 Å². The fourth-order valence-electron chi connectivity index (χ4n) is 3.00. The minimum Gasteiger partial charge on any atom is -0.480 e. The van der Waals surface area contributed by atoms with Gasteiger partial charge < -0.3 is 10.0 Å². The Morgan fingerprint density at radius 1 is 1.27 bits per heavy atom. The number of hydrogen-bond donors (Lipinski definition) is 1. The van der Waals surface area contributed by atoms with Gasteiger partial charge in [-0.05, 0) is 44.1 Å². The Bertz CT molecular complexity index is 525. The van der Waals surface area contributed by atoms with Crippen LogP contribution in [0.25, 0.3) is 0 Å². The molecule has 1 saturated heterocycles. The lowest BCUT2D eigenvalue weighted by Gasteiger charge is -2.28. The summed E-state index contributed by atoms with van der Waals surface area (Å²) in [5.74, 6) is -2.44. The van der Waals surface area contributed by atoms with Gasteiger partial charge in [0.05, 0.1) is 0 Å². The van der Waals surface area contributed by atoms with Crippen LogP contribution in [0.4, 0.5) is 8.78 Å². The maximum atomic E-state index is 14.0. The summed E-state index contributed by atoms with van der Waals surface area (Å²) in [6, 6.07) is 1.84. The number of carboxylic acid groups (broad SMARTS) is 1. The summed E-state index contributed by atoms with van der Waals surface area (Å²) in [5.41, 5.74) is -0.101. The molecule has 1 aromatic rings. The Labute approximate surface area is 129 Å². The van der Waals surface area contributed by atoms with E-state index in [0.29, 0.717) is 13.1 Å². The number of nitrogens with zero attached hydrogens (tertiary/aromatic N) is 2. The van der Waals surface area contributed by atoms with E-state index in [1.165, 1.54) is 0 Å². The van der Waals surface area contributed by atoms with E-state index >= 15 is 0 Å². The van der Waals surface area contributed by atoms with Gasteiger partial charge in [-0.1, -0.05) is 6.92 Å². The van der Waals surface area contributed by atoms with Gasteiger partial charge in [-0.3, -0.25) is 9.69 Å². The standard InChI is InChI=1S/C16H22F2N2O2/c1-2-6-19-7-3-8-20(10-9-19)15(16(21)22)13-11-12(17)4-5-14(13)18/h4-5,11,15H,2-3,6-10H2,1H3,(H,21,22)/t15-/m0/s1. The maximum Gasteiger partial charge on any atom is 0.325 e. The first-order valence-corrected chi connectivity index (χ1v) is 7.67. The van der Waals surface area contributed by atoms with Gasteiger partial charge in [0.25, 0.3) is 0 Å². The molecule has 122 valence electrons. The number of rotatable bonds is 5. The van der Waals surface area contributed by atoms with Gasteiger partial charge in [-0.25, -0.2) is 8.78 Å². The summed E-state index contributed by atoms with van der Waals surface area (Å²) in [6.07, 6.45) is 1.86. The van der Waals surface area contributed by atoms with E-state index in [9.17, 15) is 18.7 Å². The number of halogens is 2. The predicted octanol–water partition coefficient (Wildman–Crippen LogP) is 2.51. The van der Waals surface area contributed by atoms with Crippen molar-refractivity contribution in [1.29, 1.82) is 0 Å². The monoisotopic (exact) mass is 312 g/mol. The quantitative estimate of drug-likeness (QED) is 0.907. The molecular formula is C16H22F2N2O2. The van der Waals surface area contributed by atoms with E-state index in [1.807, 2.05) is 0 Å². The van der Waals surface area contributed by atoms with Gasteiger partial charge in [0.15, 0.2) is 0 Å². The Morgan fingerprint density at radius 3 is 2.73 bits per heavy atom. The second kappa shape index (κ2) is 7.65. The average molecular weight is 312 g/mol. The molecule has 0 unspecified atom stereocenters. The Kier molecular flexibility index (Phi) is 5.85. The van der Waals surface area contributed by atoms with E-state index in [4.69, 9.17) is 0 Å². The number of hydrogen-bond acceptors (Lipinski definition) is 3. The average Bonchev–Trinajstić information content (AvgIpc) is 2.69. The van der Waals surface area contributed by atoms with Crippen molar-refractivity contribution in [2.45, 2.75) is 25.8 Å². The molecule has 0 aliphatic carbocycles. The third-order valence-electron chi connectivity index (χ3n) is 4.01. The van der Waals surface area contributed by atoms with Crippen molar-refractivity contribution in [1.82, 2.24) is 9.80 Å². The molecule has 0 amide bonds. The van der Waals surface area contributed by atoms with E-state index < -0.39 is 23.6 Å². The van der Waals surface area contributed by atoms with Gasteiger partial charge in [-0.2, -0.15) is 0 Å². The molecule has 0 saturated carbocycles. The molecule has 1 heterocycles. The van der Waals surface area contributed by atoms with Crippen LogP contribution in [0.1, 0.15) is 31.4 Å². The first kappa shape index (κ1) is 16.8. The van der Waals surface area contributed by atoms with Crippen molar-refractivity contribution in [2.75, 3.05) is 32.7 Å². The fourth-order valence-corrected chi connectivity index (χ4v) is 3.00. The lowest BCUT2D eigenvalue weighted by atomic mass is 10.0. The Morgan fingerprint density at radius 2 is 2.05 bits per heavy atom. The van der Waals surface area contributed by atoms with Crippen molar-refractivity contribution in [3.05, 3.63) is 35.4 Å².